The summed E-state index contributed by atoms with van der Waals surface area (Å²) >= 11 is 4.76. The molecule has 13 heavy (non-hydrogen) atoms. The van der Waals surface area contributed by atoms with Crippen molar-refractivity contribution in [1.82, 2.24) is 0 Å². The Kier molecular flexibility index (Phi) is 4.35. The zero-order chi connectivity index (χ0) is 9.84. The molecule has 1 rings (SSSR count). The molecule has 0 aliphatic rings. The first kappa shape index (κ1) is 11.1. The Bertz CT molecular complexity index is 299. The minimum atomic E-state index is 0.142. The van der Waals surface area contributed by atoms with Crippen molar-refractivity contribution in [1.29, 1.82) is 0 Å². The maximum Gasteiger partial charge on any atom is 0.194 e. The highest BCUT2D eigenvalue weighted by atomic mass is 32.2. The van der Waals surface area contributed by atoms with Crippen LogP contribution in [0.2, 0.25) is 0 Å². The lowest BCUT2D eigenvalue weighted by Gasteiger charge is -2.07. The molecule has 0 atom stereocenters. The second-order valence-corrected chi connectivity index (χ2v) is 4.91. The quantitative estimate of drug-likeness (QED) is 0.733. The van der Waals surface area contributed by atoms with Crippen LogP contribution in [0.15, 0.2) is 26.8 Å². The van der Waals surface area contributed by atoms with Crippen molar-refractivity contribution in [2.45, 2.75) is 14.7 Å². The molecule has 0 unspecified atom stereocenters. The number of hydrogen-bond donors (Lipinski definition) is 0. The molecule has 0 N–H and O–H groups in total. The minimum absolute atomic E-state index is 0.142. The fourth-order valence-electron chi connectivity index (χ4n) is 1.02. The summed E-state index contributed by atoms with van der Waals surface area (Å²) in [5.74, 6) is 0.142. The zero-order valence-corrected chi connectivity index (χ0v) is 10.2. The Hall–Kier alpha value is 0.0700. The van der Waals surface area contributed by atoms with Crippen LogP contribution in [0.5, 0.6) is 5.75 Å². The van der Waals surface area contributed by atoms with Crippen LogP contribution in [0.1, 0.15) is 0 Å². The van der Waals surface area contributed by atoms with Crippen molar-refractivity contribution in [3.63, 3.8) is 0 Å². The van der Waals surface area contributed by atoms with E-state index in [-0.39, 0.29) is 5.75 Å². The molecular formula is C9H11OS3. The Morgan fingerprint density at radius 2 is 1.69 bits per heavy atom. The average Bonchev–Trinajstić information content (AvgIpc) is 2.16. The number of rotatable bonds is 3. The standard InChI is InChI=1S/C9H11OS3/c1-11-6-4-7(10)9(13-3)8(5-6)12-2/h4-5H,1-3H3. The van der Waals surface area contributed by atoms with E-state index in [2.05, 4.69) is 6.07 Å². The van der Waals surface area contributed by atoms with E-state index >= 15 is 0 Å². The van der Waals surface area contributed by atoms with Crippen LogP contribution in [-0.4, -0.2) is 18.8 Å². The van der Waals surface area contributed by atoms with Gasteiger partial charge >= 0.3 is 0 Å². The third kappa shape index (κ3) is 2.51. The zero-order valence-electron chi connectivity index (χ0n) is 7.79. The molecule has 0 aliphatic carbocycles. The highest BCUT2D eigenvalue weighted by Crippen LogP contribution is 2.39. The topological polar surface area (TPSA) is 19.9 Å². The Labute approximate surface area is 91.7 Å². The molecule has 0 aromatic heterocycles. The molecule has 0 amide bonds. The third-order valence-corrected chi connectivity index (χ3v) is 4.08. The number of hydrogen-bond acceptors (Lipinski definition) is 3. The molecule has 71 valence electrons. The molecule has 0 heterocycles. The van der Waals surface area contributed by atoms with Gasteiger partial charge in [-0.1, -0.05) is 0 Å². The molecule has 1 nitrogen and oxygen atoms in total. The van der Waals surface area contributed by atoms with E-state index in [9.17, 15) is 5.11 Å². The van der Waals surface area contributed by atoms with Gasteiger partial charge in [-0.15, -0.1) is 35.3 Å². The molecule has 1 aromatic rings. The van der Waals surface area contributed by atoms with Crippen LogP contribution in [0.4, 0.5) is 0 Å². The predicted octanol–water partition coefficient (Wildman–Crippen LogP) is 4.00. The molecule has 0 spiro atoms. The predicted molar refractivity (Wildman–Crippen MR) is 61.9 cm³/mol. The highest BCUT2D eigenvalue weighted by Gasteiger charge is 2.09. The second kappa shape index (κ2) is 5.08. The molecule has 1 aromatic carbocycles. The van der Waals surface area contributed by atoms with Gasteiger partial charge in [0.25, 0.3) is 0 Å². The molecule has 4 heteroatoms. The van der Waals surface area contributed by atoms with Gasteiger partial charge < -0.3 is 0 Å². The van der Waals surface area contributed by atoms with Crippen LogP contribution >= 0.6 is 35.3 Å². The molecule has 0 fully saturated rings. The van der Waals surface area contributed by atoms with E-state index in [0.717, 1.165) is 14.7 Å². The van der Waals surface area contributed by atoms with Crippen molar-refractivity contribution in [2.24, 2.45) is 0 Å². The summed E-state index contributed by atoms with van der Waals surface area (Å²) in [5.41, 5.74) is 0. The molecule has 0 saturated carbocycles. The van der Waals surface area contributed by atoms with E-state index in [0.29, 0.717) is 0 Å². The van der Waals surface area contributed by atoms with Gasteiger partial charge in [0.2, 0.25) is 0 Å². The average molecular weight is 231 g/mol. The van der Waals surface area contributed by atoms with E-state index in [1.54, 1.807) is 29.6 Å². The first-order valence-electron chi connectivity index (χ1n) is 3.70. The van der Waals surface area contributed by atoms with Gasteiger partial charge in [-0.2, -0.15) is 0 Å². The lowest BCUT2D eigenvalue weighted by molar-refractivity contribution is 0.341. The minimum Gasteiger partial charge on any atom is -0.289 e. The van der Waals surface area contributed by atoms with Gasteiger partial charge in [-0.25, -0.2) is 0 Å². The fraction of sp³-hybridized carbons (Fsp3) is 0.333. The summed E-state index contributed by atoms with van der Waals surface area (Å²) in [6.45, 7) is 0. The summed E-state index contributed by atoms with van der Waals surface area (Å²) in [6, 6.07) is 3.78. The van der Waals surface area contributed by atoms with E-state index in [1.807, 2.05) is 18.8 Å². The molecule has 0 aliphatic heterocycles. The highest BCUT2D eigenvalue weighted by molar-refractivity contribution is 8.01. The summed E-state index contributed by atoms with van der Waals surface area (Å²) < 4.78 is 0. The number of benzene rings is 1. The van der Waals surface area contributed by atoms with Gasteiger partial charge in [0.1, 0.15) is 0 Å². The van der Waals surface area contributed by atoms with E-state index in [1.165, 1.54) is 11.8 Å². The second-order valence-electron chi connectivity index (χ2n) is 2.36. The summed E-state index contributed by atoms with van der Waals surface area (Å²) in [7, 11) is 0. The van der Waals surface area contributed by atoms with Crippen molar-refractivity contribution >= 4 is 35.3 Å². The van der Waals surface area contributed by atoms with Gasteiger partial charge in [0.05, 0.1) is 4.90 Å². The Morgan fingerprint density at radius 1 is 1.00 bits per heavy atom. The van der Waals surface area contributed by atoms with Crippen LogP contribution in [0, 0.1) is 0 Å². The lowest BCUT2D eigenvalue weighted by atomic mass is 10.3. The summed E-state index contributed by atoms with van der Waals surface area (Å²) in [5, 5.41) is 11.6. The fourth-order valence-corrected chi connectivity index (χ4v) is 3.11. The number of thioether (sulfide) groups is 3. The van der Waals surface area contributed by atoms with Crippen LogP contribution in [0.25, 0.3) is 0 Å². The Morgan fingerprint density at radius 3 is 2.15 bits per heavy atom. The van der Waals surface area contributed by atoms with E-state index < -0.39 is 0 Å². The monoisotopic (exact) mass is 231 g/mol. The van der Waals surface area contributed by atoms with Crippen LogP contribution in [-0.2, 0) is 5.11 Å². The van der Waals surface area contributed by atoms with Gasteiger partial charge in [-0.05, 0) is 24.8 Å². The van der Waals surface area contributed by atoms with E-state index in [4.69, 9.17) is 0 Å². The van der Waals surface area contributed by atoms with Crippen LogP contribution in [0.3, 0.4) is 0 Å². The van der Waals surface area contributed by atoms with Crippen molar-refractivity contribution in [3.05, 3.63) is 12.1 Å². The lowest BCUT2D eigenvalue weighted by Crippen LogP contribution is -1.80. The Balaban J connectivity index is 3.20. The maximum atomic E-state index is 11.6. The van der Waals surface area contributed by atoms with Gasteiger partial charge in [0.15, 0.2) is 5.75 Å². The molecule has 0 saturated heterocycles. The van der Waals surface area contributed by atoms with Gasteiger partial charge in [0, 0.05) is 15.9 Å². The smallest absolute Gasteiger partial charge is 0.194 e. The summed E-state index contributed by atoms with van der Waals surface area (Å²) in [6.07, 6.45) is 5.92. The normalized spacial score (nSPS) is 10.4. The third-order valence-electron chi connectivity index (χ3n) is 1.65. The molecular weight excluding hydrogens is 220 g/mol. The van der Waals surface area contributed by atoms with Crippen molar-refractivity contribution in [2.75, 3.05) is 18.8 Å². The molecule has 0 bridgehead atoms. The first-order chi connectivity index (χ1) is 6.22. The van der Waals surface area contributed by atoms with Crippen molar-refractivity contribution in [3.8, 4) is 5.75 Å². The van der Waals surface area contributed by atoms with Crippen LogP contribution < -0.4 is 0 Å². The molecule has 1 radical (unpaired) electrons. The summed E-state index contributed by atoms with van der Waals surface area (Å²) in [4.78, 5) is 3.00. The van der Waals surface area contributed by atoms with Crippen molar-refractivity contribution < 1.29 is 5.11 Å². The maximum absolute atomic E-state index is 11.6. The largest absolute Gasteiger partial charge is 0.289 e. The first-order valence-corrected chi connectivity index (χ1v) is 7.37. The SMILES string of the molecule is CSc1cc([O])c(SC)c(SC)c1. The van der Waals surface area contributed by atoms with Gasteiger partial charge in [-0.3, -0.25) is 5.11 Å².